The lowest BCUT2D eigenvalue weighted by atomic mass is 10.2. The normalized spacial score (nSPS) is 23.2. The Bertz CT molecular complexity index is 233. The fourth-order valence-electron chi connectivity index (χ4n) is 1.21. The molecule has 1 aliphatic heterocycles. The van der Waals surface area contributed by atoms with Crippen molar-refractivity contribution in [3.8, 4) is 0 Å². The number of alkyl halides is 2. The number of piperazine rings is 1. The number of carbonyl (C=O) groups excluding carboxylic acids is 2. The van der Waals surface area contributed by atoms with Crippen molar-refractivity contribution in [1.29, 1.82) is 0 Å². The number of hydrogen-bond acceptors (Lipinski definition) is 2. The summed E-state index contributed by atoms with van der Waals surface area (Å²) in [6.45, 7) is 2.56. The van der Waals surface area contributed by atoms with Crippen molar-refractivity contribution in [1.82, 2.24) is 10.2 Å². The fourth-order valence-corrected chi connectivity index (χ4v) is 1.46. The van der Waals surface area contributed by atoms with Gasteiger partial charge in [0.05, 0.1) is 0 Å². The summed E-state index contributed by atoms with van der Waals surface area (Å²) in [6.07, 6.45) is 0. The lowest BCUT2D eigenvalue weighted by Crippen LogP contribution is -2.56. The van der Waals surface area contributed by atoms with Gasteiger partial charge in [0, 0.05) is 13.1 Å². The predicted octanol–water partition coefficient (Wildman–Crippen LogP) is 0.137. The predicted molar refractivity (Wildman–Crippen MR) is 49.7 cm³/mol. The summed E-state index contributed by atoms with van der Waals surface area (Å²) in [5.41, 5.74) is 0. The Morgan fingerprint density at radius 2 is 2.31 bits per heavy atom. The van der Waals surface area contributed by atoms with Crippen LogP contribution in [0.2, 0.25) is 0 Å². The molecule has 1 aliphatic rings. The zero-order valence-electron chi connectivity index (χ0n) is 7.09. The maximum Gasteiger partial charge on any atom is 0.256 e. The highest BCUT2D eigenvalue weighted by atomic mass is 35.5. The van der Waals surface area contributed by atoms with E-state index in [1.54, 1.807) is 6.92 Å². The van der Waals surface area contributed by atoms with Crippen molar-refractivity contribution >= 4 is 35.0 Å². The van der Waals surface area contributed by atoms with E-state index >= 15 is 0 Å². The molecule has 0 saturated carbocycles. The standard InChI is InChI=1S/C7H10Cl2N2O2/c1-4-6(12)10-2-3-11(4)7(13)5(8)9/h4-5H,2-3H2,1H3,(H,10,12). The molecule has 0 spiro atoms. The van der Waals surface area contributed by atoms with Gasteiger partial charge < -0.3 is 10.2 Å². The highest BCUT2D eigenvalue weighted by Crippen LogP contribution is 2.11. The molecule has 1 atom stereocenters. The molecule has 74 valence electrons. The molecular weight excluding hydrogens is 215 g/mol. The molecule has 2 amide bonds. The van der Waals surface area contributed by atoms with Crippen LogP contribution in [0.5, 0.6) is 0 Å². The summed E-state index contributed by atoms with van der Waals surface area (Å²) < 4.78 is 0. The van der Waals surface area contributed by atoms with Crippen LogP contribution in [0.15, 0.2) is 0 Å². The first-order valence-electron chi connectivity index (χ1n) is 3.90. The maximum absolute atomic E-state index is 11.3. The lowest BCUT2D eigenvalue weighted by molar-refractivity contribution is -0.141. The third-order valence-corrected chi connectivity index (χ3v) is 2.34. The zero-order valence-corrected chi connectivity index (χ0v) is 8.60. The summed E-state index contributed by atoms with van der Waals surface area (Å²) in [7, 11) is 0. The largest absolute Gasteiger partial charge is 0.353 e. The van der Waals surface area contributed by atoms with Gasteiger partial charge >= 0.3 is 0 Å². The molecule has 0 radical (unpaired) electrons. The summed E-state index contributed by atoms with van der Waals surface area (Å²) >= 11 is 10.8. The summed E-state index contributed by atoms with van der Waals surface area (Å²) in [5, 5.41) is 2.64. The minimum Gasteiger partial charge on any atom is -0.353 e. The number of rotatable bonds is 1. The van der Waals surface area contributed by atoms with Crippen LogP contribution in [0.3, 0.4) is 0 Å². The van der Waals surface area contributed by atoms with Gasteiger partial charge in [-0.25, -0.2) is 0 Å². The van der Waals surface area contributed by atoms with Gasteiger partial charge in [-0.15, -0.1) is 0 Å². The Hall–Kier alpha value is -0.480. The smallest absolute Gasteiger partial charge is 0.256 e. The van der Waals surface area contributed by atoms with Gasteiger partial charge in [-0.1, -0.05) is 23.2 Å². The molecule has 1 saturated heterocycles. The third kappa shape index (κ3) is 2.25. The van der Waals surface area contributed by atoms with Gasteiger partial charge in [-0.05, 0) is 6.92 Å². The van der Waals surface area contributed by atoms with Crippen LogP contribution in [0, 0.1) is 0 Å². The second kappa shape index (κ2) is 4.15. The summed E-state index contributed by atoms with van der Waals surface area (Å²) in [5.74, 6) is -0.584. The van der Waals surface area contributed by atoms with Crippen molar-refractivity contribution in [3.63, 3.8) is 0 Å². The molecule has 0 aliphatic carbocycles. The van der Waals surface area contributed by atoms with Gasteiger partial charge in [0.1, 0.15) is 6.04 Å². The average molecular weight is 225 g/mol. The van der Waals surface area contributed by atoms with Crippen LogP contribution < -0.4 is 5.32 Å². The molecule has 1 N–H and O–H groups in total. The molecule has 0 aromatic rings. The highest BCUT2D eigenvalue weighted by Gasteiger charge is 2.31. The average Bonchev–Trinajstić information content (AvgIpc) is 2.08. The van der Waals surface area contributed by atoms with E-state index in [4.69, 9.17) is 23.2 Å². The van der Waals surface area contributed by atoms with Crippen LogP contribution in [0.1, 0.15) is 6.92 Å². The van der Waals surface area contributed by atoms with E-state index in [9.17, 15) is 9.59 Å². The molecule has 6 heteroatoms. The van der Waals surface area contributed by atoms with Crippen LogP contribution in [-0.4, -0.2) is 40.7 Å². The number of carbonyl (C=O) groups is 2. The van der Waals surface area contributed by atoms with Crippen LogP contribution in [0.25, 0.3) is 0 Å². The van der Waals surface area contributed by atoms with Crippen molar-refractivity contribution in [2.24, 2.45) is 0 Å². The lowest BCUT2D eigenvalue weighted by Gasteiger charge is -2.33. The minimum absolute atomic E-state index is 0.173. The van der Waals surface area contributed by atoms with Gasteiger partial charge in [0.15, 0.2) is 4.84 Å². The van der Waals surface area contributed by atoms with Crippen LogP contribution >= 0.6 is 23.2 Å². The molecule has 1 rings (SSSR count). The van der Waals surface area contributed by atoms with Crippen molar-refractivity contribution in [3.05, 3.63) is 0 Å². The van der Waals surface area contributed by atoms with E-state index in [0.29, 0.717) is 13.1 Å². The minimum atomic E-state index is -1.09. The van der Waals surface area contributed by atoms with E-state index in [0.717, 1.165) is 0 Å². The van der Waals surface area contributed by atoms with Gasteiger partial charge in [0.2, 0.25) is 5.91 Å². The maximum atomic E-state index is 11.3. The van der Waals surface area contributed by atoms with Crippen molar-refractivity contribution in [2.75, 3.05) is 13.1 Å². The number of hydrogen-bond donors (Lipinski definition) is 1. The molecule has 4 nitrogen and oxygen atoms in total. The monoisotopic (exact) mass is 224 g/mol. The molecule has 0 aromatic heterocycles. The molecule has 1 heterocycles. The Kier molecular flexibility index (Phi) is 3.39. The fraction of sp³-hybridized carbons (Fsp3) is 0.714. The van der Waals surface area contributed by atoms with Gasteiger partial charge in [-0.3, -0.25) is 9.59 Å². The number of halogens is 2. The molecule has 0 bridgehead atoms. The Balaban J connectivity index is 2.68. The van der Waals surface area contributed by atoms with E-state index < -0.39 is 16.8 Å². The second-order valence-corrected chi connectivity index (χ2v) is 3.90. The zero-order chi connectivity index (χ0) is 10.0. The molecular formula is C7H10Cl2N2O2. The molecule has 1 unspecified atom stereocenters. The van der Waals surface area contributed by atoms with E-state index in [-0.39, 0.29) is 5.91 Å². The summed E-state index contributed by atoms with van der Waals surface area (Å²) in [4.78, 5) is 22.8. The number of amides is 2. The highest BCUT2D eigenvalue weighted by molar-refractivity contribution is 6.53. The molecule has 0 aromatic carbocycles. The van der Waals surface area contributed by atoms with Crippen LogP contribution in [-0.2, 0) is 9.59 Å². The van der Waals surface area contributed by atoms with Crippen molar-refractivity contribution in [2.45, 2.75) is 17.8 Å². The Labute approximate surface area is 86.2 Å². The van der Waals surface area contributed by atoms with Crippen molar-refractivity contribution < 1.29 is 9.59 Å². The molecule has 13 heavy (non-hydrogen) atoms. The number of nitrogens with one attached hydrogen (secondary N) is 1. The van der Waals surface area contributed by atoms with E-state index in [1.807, 2.05) is 0 Å². The first-order chi connectivity index (χ1) is 6.04. The Morgan fingerprint density at radius 3 is 2.85 bits per heavy atom. The van der Waals surface area contributed by atoms with Crippen LogP contribution in [0.4, 0.5) is 0 Å². The quantitative estimate of drug-likeness (QED) is 0.645. The summed E-state index contributed by atoms with van der Waals surface area (Å²) in [6, 6.07) is -0.485. The molecule has 1 fully saturated rings. The third-order valence-electron chi connectivity index (χ3n) is 1.97. The SMILES string of the molecule is CC1C(=O)NCCN1C(=O)C(Cl)Cl. The van der Waals surface area contributed by atoms with Gasteiger partial charge in [-0.2, -0.15) is 0 Å². The second-order valence-electron chi connectivity index (χ2n) is 2.80. The first kappa shape index (κ1) is 10.6. The van der Waals surface area contributed by atoms with E-state index in [2.05, 4.69) is 5.32 Å². The number of nitrogens with zero attached hydrogens (tertiary/aromatic N) is 1. The van der Waals surface area contributed by atoms with E-state index in [1.165, 1.54) is 4.90 Å². The Morgan fingerprint density at radius 1 is 1.69 bits per heavy atom. The topological polar surface area (TPSA) is 49.4 Å². The van der Waals surface area contributed by atoms with Gasteiger partial charge in [0.25, 0.3) is 5.91 Å². The first-order valence-corrected chi connectivity index (χ1v) is 4.77.